The molecule has 6 nitrogen and oxygen atoms in total. The third-order valence-corrected chi connectivity index (χ3v) is 4.57. The van der Waals surface area contributed by atoms with E-state index in [4.69, 9.17) is 4.74 Å². The van der Waals surface area contributed by atoms with Crippen molar-refractivity contribution >= 4 is 17.9 Å². The number of ether oxygens (including phenoxy) is 1. The molecular formula is C21H22N2O4. The molecule has 1 aliphatic rings. The minimum absolute atomic E-state index is 0.0538. The second kappa shape index (κ2) is 8.49. The van der Waals surface area contributed by atoms with Gasteiger partial charge >= 0.3 is 6.09 Å². The second-order valence-corrected chi connectivity index (χ2v) is 6.50. The Morgan fingerprint density at radius 3 is 2.41 bits per heavy atom. The number of benzene rings is 2. The van der Waals surface area contributed by atoms with Gasteiger partial charge in [0.25, 0.3) is 0 Å². The highest BCUT2D eigenvalue weighted by Gasteiger charge is 2.41. The number of carbonyl (C=O) groups excluding carboxylic acids is 3. The first-order valence-electron chi connectivity index (χ1n) is 8.94. The summed E-state index contributed by atoms with van der Waals surface area (Å²) < 4.78 is 5.24. The lowest BCUT2D eigenvalue weighted by Crippen LogP contribution is -2.48. The molecule has 1 heterocycles. The van der Waals surface area contributed by atoms with Gasteiger partial charge in [-0.05, 0) is 24.5 Å². The Labute approximate surface area is 158 Å². The number of likely N-dealkylation sites (tertiary alicyclic amines) is 1. The van der Waals surface area contributed by atoms with E-state index in [9.17, 15) is 14.4 Å². The molecule has 1 N–H and O–H groups in total. The molecule has 1 aliphatic heterocycles. The first kappa shape index (κ1) is 18.6. The van der Waals surface area contributed by atoms with Crippen LogP contribution in [-0.2, 0) is 20.9 Å². The molecule has 0 aromatic heterocycles. The standard InChI is InChI=1S/C21H22N2O4/c1-15(17-10-6-3-7-11-17)22-20(25)18-12-13-19(24)23(18)21(26)27-14-16-8-4-2-5-9-16/h2-11,15,18H,12-14H2,1H3,(H,22,25)/t15-,18-/m1/s1. The first-order chi connectivity index (χ1) is 13.1. The summed E-state index contributed by atoms with van der Waals surface area (Å²) >= 11 is 0. The third kappa shape index (κ3) is 4.53. The maximum atomic E-state index is 12.7. The Balaban J connectivity index is 1.62. The summed E-state index contributed by atoms with van der Waals surface area (Å²) in [4.78, 5) is 38.1. The fourth-order valence-electron chi connectivity index (χ4n) is 3.08. The molecule has 1 fully saturated rings. The molecule has 0 radical (unpaired) electrons. The van der Waals surface area contributed by atoms with Crippen LogP contribution in [0.15, 0.2) is 60.7 Å². The van der Waals surface area contributed by atoms with Gasteiger partial charge in [0.05, 0.1) is 6.04 Å². The maximum absolute atomic E-state index is 12.7. The van der Waals surface area contributed by atoms with E-state index in [2.05, 4.69) is 5.32 Å². The van der Waals surface area contributed by atoms with Gasteiger partial charge in [-0.25, -0.2) is 9.69 Å². The molecule has 1 saturated heterocycles. The minimum atomic E-state index is -0.841. The Morgan fingerprint density at radius 2 is 1.74 bits per heavy atom. The van der Waals surface area contributed by atoms with Crippen molar-refractivity contribution in [2.75, 3.05) is 0 Å². The van der Waals surface area contributed by atoms with Gasteiger partial charge in [0.15, 0.2) is 0 Å². The SMILES string of the molecule is C[C@@H](NC(=O)[C@H]1CCC(=O)N1C(=O)OCc1ccccc1)c1ccccc1. The molecule has 0 spiro atoms. The van der Waals surface area contributed by atoms with Crippen LogP contribution in [0.2, 0.25) is 0 Å². The van der Waals surface area contributed by atoms with Gasteiger partial charge < -0.3 is 10.1 Å². The first-order valence-corrected chi connectivity index (χ1v) is 8.94. The van der Waals surface area contributed by atoms with E-state index < -0.39 is 12.1 Å². The number of imide groups is 1. The largest absolute Gasteiger partial charge is 0.444 e. The van der Waals surface area contributed by atoms with Gasteiger partial charge in [0.2, 0.25) is 11.8 Å². The van der Waals surface area contributed by atoms with Crippen molar-refractivity contribution in [3.8, 4) is 0 Å². The summed E-state index contributed by atoms with van der Waals surface area (Å²) in [6.07, 6.45) is -0.334. The zero-order valence-electron chi connectivity index (χ0n) is 15.1. The Bertz CT molecular complexity index is 807. The fourth-order valence-corrected chi connectivity index (χ4v) is 3.08. The van der Waals surface area contributed by atoms with Crippen LogP contribution in [0.5, 0.6) is 0 Å². The number of nitrogens with zero attached hydrogens (tertiary/aromatic N) is 1. The number of nitrogens with one attached hydrogen (secondary N) is 1. The van der Waals surface area contributed by atoms with Crippen LogP contribution in [0.3, 0.4) is 0 Å². The molecule has 27 heavy (non-hydrogen) atoms. The summed E-state index contributed by atoms with van der Waals surface area (Å²) in [5, 5.41) is 2.88. The Morgan fingerprint density at radius 1 is 1.11 bits per heavy atom. The van der Waals surface area contributed by atoms with E-state index in [1.807, 2.05) is 67.6 Å². The zero-order chi connectivity index (χ0) is 19.2. The summed E-state index contributed by atoms with van der Waals surface area (Å²) in [5.74, 6) is -0.741. The molecule has 3 rings (SSSR count). The summed E-state index contributed by atoms with van der Waals surface area (Å²) in [7, 11) is 0. The molecule has 2 atom stereocenters. The number of hydrogen-bond acceptors (Lipinski definition) is 4. The molecular weight excluding hydrogens is 344 g/mol. The molecule has 3 amide bonds. The van der Waals surface area contributed by atoms with Gasteiger partial charge in [-0.1, -0.05) is 60.7 Å². The van der Waals surface area contributed by atoms with E-state index in [-0.39, 0.29) is 30.9 Å². The third-order valence-electron chi connectivity index (χ3n) is 4.57. The van der Waals surface area contributed by atoms with Crippen LogP contribution >= 0.6 is 0 Å². The highest BCUT2D eigenvalue weighted by molar-refractivity contribution is 6.00. The van der Waals surface area contributed by atoms with E-state index in [0.29, 0.717) is 6.42 Å². The average Bonchev–Trinajstić information content (AvgIpc) is 3.09. The van der Waals surface area contributed by atoms with Gasteiger partial charge in [-0.2, -0.15) is 0 Å². The lowest BCUT2D eigenvalue weighted by molar-refractivity contribution is -0.134. The van der Waals surface area contributed by atoms with Crippen LogP contribution in [0.25, 0.3) is 0 Å². The number of rotatable bonds is 5. The van der Waals surface area contributed by atoms with Gasteiger partial charge in [0, 0.05) is 6.42 Å². The normalized spacial score (nSPS) is 17.4. The van der Waals surface area contributed by atoms with Crippen molar-refractivity contribution in [3.63, 3.8) is 0 Å². The predicted octanol–water partition coefficient (Wildman–Crippen LogP) is 3.19. The van der Waals surface area contributed by atoms with Crippen LogP contribution in [0, 0.1) is 0 Å². The smallest absolute Gasteiger partial charge is 0.417 e. The fraction of sp³-hybridized carbons (Fsp3) is 0.286. The van der Waals surface area contributed by atoms with Crippen molar-refractivity contribution in [1.29, 1.82) is 0 Å². The molecule has 2 aromatic rings. The van der Waals surface area contributed by atoms with Gasteiger partial charge in [-0.15, -0.1) is 0 Å². The maximum Gasteiger partial charge on any atom is 0.417 e. The van der Waals surface area contributed by atoms with E-state index in [1.54, 1.807) is 0 Å². The van der Waals surface area contributed by atoms with Crippen LogP contribution in [0.4, 0.5) is 4.79 Å². The lowest BCUT2D eigenvalue weighted by atomic mass is 10.1. The van der Waals surface area contributed by atoms with E-state index >= 15 is 0 Å². The molecule has 0 saturated carbocycles. The highest BCUT2D eigenvalue weighted by Crippen LogP contribution is 2.22. The Hall–Kier alpha value is -3.15. The molecule has 0 unspecified atom stereocenters. The molecule has 6 heteroatoms. The van der Waals surface area contributed by atoms with Crippen LogP contribution in [-0.4, -0.2) is 28.8 Å². The topological polar surface area (TPSA) is 75.7 Å². The zero-order valence-corrected chi connectivity index (χ0v) is 15.1. The van der Waals surface area contributed by atoms with Crippen molar-refractivity contribution in [2.24, 2.45) is 0 Å². The number of hydrogen-bond donors (Lipinski definition) is 1. The summed E-state index contributed by atoms with van der Waals surface area (Å²) in [6.45, 7) is 1.92. The second-order valence-electron chi connectivity index (χ2n) is 6.50. The molecule has 2 aromatic carbocycles. The molecule has 0 bridgehead atoms. The summed E-state index contributed by atoms with van der Waals surface area (Å²) in [6, 6.07) is 17.6. The minimum Gasteiger partial charge on any atom is -0.444 e. The monoisotopic (exact) mass is 366 g/mol. The molecule has 140 valence electrons. The average molecular weight is 366 g/mol. The number of amides is 3. The lowest BCUT2D eigenvalue weighted by Gasteiger charge is -2.23. The van der Waals surface area contributed by atoms with Crippen molar-refractivity contribution in [2.45, 2.75) is 38.5 Å². The highest BCUT2D eigenvalue weighted by atomic mass is 16.6. The van der Waals surface area contributed by atoms with Gasteiger partial charge in [-0.3, -0.25) is 9.59 Å². The summed E-state index contributed by atoms with van der Waals surface area (Å²) in [5.41, 5.74) is 1.77. The van der Waals surface area contributed by atoms with Crippen molar-refractivity contribution in [3.05, 3.63) is 71.8 Å². The van der Waals surface area contributed by atoms with Gasteiger partial charge in [0.1, 0.15) is 12.6 Å². The van der Waals surface area contributed by atoms with E-state index in [1.165, 1.54) is 0 Å². The van der Waals surface area contributed by atoms with Crippen LogP contribution in [0.1, 0.15) is 36.9 Å². The number of carbonyl (C=O) groups is 3. The van der Waals surface area contributed by atoms with E-state index in [0.717, 1.165) is 16.0 Å². The van der Waals surface area contributed by atoms with Crippen molar-refractivity contribution < 1.29 is 19.1 Å². The molecule has 0 aliphatic carbocycles. The predicted molar refractivity (Wildman–Crippen MR) is 99.5 cm³/mol. The van der Waals surface area contributed by atoms with Crippen molar-refractivity contribution in [1.82, 2.24) is 10.2 Å². The van der Waals surface area contributed by atoms with Crippen LogP contribution < -0.4 is 5.32 Å². The Kier molecular flexibility index (Phi) is 5.86. The quantitative estimate of drug-likeness (QED) is 0.882.